The zero-order valence-corrected chi connectivity index (χ0v) is 11.0. The van der Waals surface area contributed by atoms with Gasteiger partial charge in [0.15, 0.2) is 0 Å². The lowest BCUT2D eigenvalue weighted by Gasteiger charge is -2.32. The third-order valence-electron chi connectivity index (χ3n) is 4.22. The normalized spacial score (nSPS) is 30.9. The third kappa shape index (κ3) is 3.21. The number of piperidine rings is 1. The summed E-state index contributed by atoms with van der Waals surface area (Å²) in [6, 6.07) is 1.67. The molecule has 0 aromatic carbocycles. The molecule has 0 amide bonds. The Kier molecular flexibility index (Phi) is 4.66. The lowest BCUT2D eigenvalue weighted by Crippen LogP contribution is -2.45. The van der Waals surface area contributed by atoms with Crippen LogP contribution in [0, 0.1) is 5.92 Å². The molecule has 16 heavy (non-hydrogen) atoms. The van der Waals surface area contributed by atoms with E-state index in [9.17, 15) is 0 Å². The van der Waals surface area contributed by atoms with Gasteiger partial charge in [-0.25, -0.2) is 0 Å². The third-order valence-corrected chi connectivity index (χ3v) is 4.22. The molecule has 0 bridgehead atoms. The number of rotatable bonds is 5. The summed E-state index contributed by atoms with van der Waals surface area (Å²) in [7, 11) is 0. The van der Waals surface area contributed by atoms with Gasteiger partial charge in [-0.2, -0.15) is 0 Å². The largest absolute Gasteiger partial charge is 0.312 e. The molecule has 2 unspecified atom stereocenters. The van der Waals surface area contributed by atoms with Crippen molar-refractivity contribution in [1.82, 2.24) is 10.2 Å². The molecule has 2 heterocycles. The van der Waals surface area contributed by atoms with Crippen molar-refractivity contribution in [2.45, 2.75) is 64.5 Å². The molecule has 2 atom stereocenters. The first-order valence-corrected chi connectivity index (χ1v) is 7.25. The van der Waals surface area contributed by atoms with Crippen molar-refractivity contribution in [1.29, 1.82) is 0 Å². The summed E-state index contributed by atoms with van der Waals surface area (Å²) >= 11 is 0. The molecular weight excluding hydrogens is 196 g/mol. The van der Waals surface area contributed by atoms with Gasteiger partial charge in [0.05, 0.1) is 0 Å². The number of hydrogen-bond acceptors (Lipinski definition) is 2. The summed E-state index contributed by atoms with van der Waals surface area (Å²) < 4.78 is 0. The van der Waals surface area contributed by atoms with Crippen LogP contribution in [0.4, 0.5) is 0 Å². The molecule has 2 nitrogen and oxygen atoms in total. The number of nitrogens with zero attached hydrogens (tertiary/aromatic N) is 1. The lowest BCUT2D eigenvalue weighted by atomic mass is 9.99. The van der Waals surface area contributed by atoms with Crippen LogP contribution in [0.5, 0.6) is 0 Å². The topological polar surface area (TPSA) is 15.3 Å². The van der Waals surface area contributed by atoms with E-state index in [0.29, 0.717) is 0 Å². The van der Waals surface area contributed by atoms with Crippen LogP contribution in [0.3, 0.4) is 0 Å². The Morgan fingerprint density at radius 2 is 2.06 bits per heavy atom. The second-order valence-corrected chi connectivity index (χ2v) is 5.98. The summed E-state index contributed by atoms with van der Waals surface area (Å²) in [4.78, 5) is 2.71. The van der Waals surface area contributed by atoms with Crippen molar-refractivity contribution < 1.29 is 0 Å². The monoisotopic (exact) mass is 224 g/mol. The van der Waals surface area contributed by atoms with Gasteiger partial charge in [0, 0.05) is 18.6 Å². The maximum absolute atomic E-state index is 3.79. The van der Waals surface area contributed by atoms with Crippen molar-refractivity contribution in [3.8, 4) is 0 Å². The Labute approximate surface area is 101 Å². The molecule has 0 spiro atoms. The van der Waals surface area contributed by atoms with Crippen LogP contribution >= 0.6 is 0 Å². The molecule has 0 radical (unpaired) electrons. The van der Waals surface area contributed by atoms with Crippen LogP contribution in [0.2, 0.25) is 0 Å². The Balaban J connectivity index is 1.66. The van der Waals surface area contributed by atoms with Gasteiger partial charge < -0.3 is 5.32 Å². The van der Waals surface area contributed by atoms with Crippen LogP contribution in [0.15, 0.2) is 0 Å². The highest BCUT2D eigenvalue weighted by Crippen LogP contribution is 2.27. The molecular formula is C14H28N2. The van der Waals surface area contributed by atoms with Crippen LogP contribution in [-0.4, -0.2) is 36.6 Å². The summed E-state index contributed by atoms with van der Waals surface area (Å²) in [5.74, 6) is 0.858. The van der Waals surface area contributed by atoms with Crippen molar-refractivity contribution in [3.63, 3.8) is 0 Å². The van der Waals surface area contributed by atoms with E-state index in [-0.39, 0.29) is 0 Å². The summed E-state index contributed by atoms with van der Waals surface area (Å²) in [5.41, 5.74) is 0. The lowest BCUT2D eigenvalue weighted by molar-refractivity contribution is 0.180. The van der Waals surface area contributed by atoms with Crippen molar-refractivity contribution in [3.05, 3.63) is 0 Å². The zero-order valence-electron chi connectivity index (χ0n) is 11.0. The first-order chi connectivity index (χ1) is 7.77. The maximum Gasteiger partial charge on any atom is 0.0249 e. The van der Waals surface area contributed by atoms with Crippen LogP contribution < -0.4 is 5.32 Å². The summed E-state index contributed by atoms with van der Waals surface area (Å²) in [5, 5.41) is 3.79. The predicted octanol–water partition coefficient (Wildman–Crippen LogP) is 2.64. The van der Waals surface area contributed by atoms with Crippen molar-refractivity contribution in [2.75, 3.05) is 19.6 Å². The van der Waals surface area contributed by atoms with Gasteiger partial charge in [0.2, 0.25) is 0 Å². The number of fused-ring (bicyclic) bond motifs is 1. The highest BCUT2D eigenvalue weighted by molar-refractivity contribution is 4.93. The van der Waals surface area contributed by atoms with Gasteiger partial charge in [-0.05, 0) is 51.1 Å². The first-order valence-electron chi connectivity index (χ1n) is 7.25. The predicted molar refractivity (Wildman–Crippen MR) is 69.7 cm³/mol. The molecule has 94 valence electrons. The molecule has 2 heteroatoms. The minimum atomic E-state index is 0.799. The number of nitrogens with one attached hydrogen (secondary N) is 1. The Bertz CT molecular complexity index is 203. The van der Waals surface area contributed by atoms with E-state index >= 15 is 0 Å². The van der Waals surface area contributed by atoms with Gasteiger partial charge >= 0.3 is 0 Å². The van der Waals surface area contributed by atoms with E-state index in [1.54, 1.807) is 0 Å². The molecule has 2 rings (SSSR count). The van der Waals surface area contributed by atoms with E-state index in [0.717, 1.165) is 18.0 Å². The van der Waals surface area contributed by atoms with Gasteiger partial charge in [-0.1, -0.05) is 20.3 Å². The van der Waals surface area contributed by atoms with E-state index < -0.39 is 0 Å². The van der Waals surface area contributed by atoms with E-state index in [4.69, 9.17) is 0 Å². The fraction of sp³-hybridized carbons (Fsp3) is 1.00. The van der Waals surface area contributed by atoms with E-state index in [1.807, 2.05) is 0 Å². The molecule has 0 aromatic heterocycles. The second-order valence-electron chi connectivity index (χ2n) is 5.98. The van der Waals surface area contributed by atoms with E-state index in [1.165, 1.54) is 58.2 Å². The SMILES string of the molecule is CC(C)CCCNC1CCN2CCCCC12. The molecule has 2 aliphatic heterocycles. The number of hydrogen-bond donors (Lipinski definition) is 1. The highest BCUT2D eigenvalue weighted by atomic mass is 15.2. The molecule has 2 aliphatic rings. The zero-order chi connectivity index (χ0) is 11.4. The molecule has 1 N–H and O–H groups in total. The van der Waals surface area contributed by atoms with Crippen LogP contribution in [0.1, 0.15) is 52.4 Å². The minimum absolute atomic E-state index is 0.799. The molecule has 0 aliphatic carbocycles. The highest BCUT2D eigenvalue weighted by Gasteiger charge is 2.34. The van der Waals surface area contributed by atoms with E-state index in [2.05, 4.69) is 24.1 Å². The standard InChI is InChI=1S/C14H28N2/c1-12(2)6-5-9-15-13-8-11-16-10-4-3-7-14(13)16/h12-15H,3-11H2,1-2H3. The Morgan fingerprint density at radius 3 is 2.88 bits per heavy atom. The minimum Gasteiger partial charge on any atom is -0.312 e. The van der Waals surface area contributed by atoms with Crippen LogP contribution in [-0.2, 0) is 0 Å². The molecule has 0 saturated carbocycles. The van der Waals surface area contributed by atoms with Gasteiger partial charge in [-0.3, -0.25) is 4.90 Å². The van der Waals surface area contributed by atoms with Crippen LogP contribution in [0.25, 0.3) is 0 Å². The molecule has 2 fully saturated rings. The van der Waals surface area contributed by atoms with Gasteiger partial charge in [0.25, 0.3) is 0 Å². The second kappa shape index (κ2) is 6.02. The first kappa shape index (κ1) is 12.4. The van der Waals surface area contributed by atoms with Crippen molar-refractivity contribution >= 4 is 0 Å². The fourth-order valence-electron chi connectivity index (χ4n) is 3.28. The molecule has 2 saturated heterocycles. The van der Waals surface area contributed by atoms with Gasteiger partial charge in [0.1, 0.15) is 0 Å². The maximum atomic E-state index is 3.79. The van der Waals surface area contributed by atoms with Gasteiger partial charge in [-0.15, -0.1) is 0 Å². The molecule has 0 aromatic rings. The van der Waals surface area contributed by atoms with Crippen molar-refractivity contribution in [2.24, 2.45) is 5.92 Å². The Hall–Kier alpha value is -0.0800. The fourth-order valence-corrected chi connectivity index (χ4v) is 3.28. The summed E-state index contributed by atoms with van der Waals surface area (Å²) in [6.45, 7) is 8.56. The average Bonchev–Trinajstić information content (AvgIpc) is 2.68. The summed E-state index contributed by atoms with van der Waals surface area (Å²) in [6.07, 6.45) is 8.41. The average molecular weight is 224 g/mol. The quantitative estimate of drug-likeness (QED) is 0.722. The Morgan fingerprint density at radius 1 is 1.19 bits per heavy atom. The smallest absolute Gasteiger partial charge is 0.0249 e.